The third-order valence-corrected chi connectivity index (χ3v) is 4.28. The first-order chi connectivity index (χ1) is 5.52. The van der Waals surface area contributed by atoms with Gasteiger partial charge in [0.05, 0.1) is 4.47 Å². The van der Waals surface area contributed by atoms with Gasteiger partial charge in [-0.25, -0.2) is 4.68 Å². The maximum absolute atomic E-state index is 10.6. The first-order valence-corrected chi connectivity index (χ1v) is 5.26. The van der Waals surface area contributed by atoms with Gasteiger partial charge in [0.15, 0.2) is 0 Å². The summed E-state index contributed by atoms with van der Waals surface area (Å²) in [7, 11) is 0. The first kappa shape index (κ1) is 10.2. The number of hydrogen-bond acceptors (Lipinski definition) is 2. The lowest BCUT2D eigenvalue weighted by atomic mass is 10.6. The number of nitrogens with two attached hydrogens (primary N) is 1. The van der Waals surface area contributed by atoms with Gasteiger partial charge in [0, 0.05) is 0 Å². The van der Waals surface area contributed by atoms with Gasteiger partial charge in [-0.05, 0) is 47.8 Å². The molecule has 1 amide bonds. The van der Waals surface area contributed by atoms with E-state index in [1.807, 2.05) is 0 Å². The Balaban J connectivity index is 3.01. The number of carbonyl (C=O) groups is 1. The van der Waals surface area contributed by atoms with E-state index in [2.05, 4.69) is 52.9 Å². The van der Waals surface area contributed by atoms with Gasteiger partial charge in [-0.3, -0.25) is 4.79 Å². The number of aromatic nitrogens is 2. The van der Waals surface area contributed by atoms with Crippen LogP contribution in [0.15, 0.2) is 13.7 Å². The molecule has 0 aliphatic rings. The van der Waals surface area contributed by atoms with E-state index >= 15 is 0 Å². The van der Waals surface area contributed by atoms with Crippen LogP contribution in [0, 0.1) is 0 Å². The summed E-state index contributed by atoms with van der Waals surface area (Å²) in [5.74, 6) is -0.432. The van der Waals surface area contributed by atoms with Crippen molar-refractivity contribution in [2.45, 2.75) is 6.54 Å². The molecule has 1 aromatic heterocycles. The maximum atomic E-state index is 10.6. The molecule has 0 radical (unpaired) electrons. The largest absolute Gasteiger partial charge is 0.368 e. The number of hydrogen-bond donors (Lipinski definition) is 1. The molecule has 0 saturated heterocycles. The van der Waals surface area contributed by atoms with Gasteiger partial charge in [0.2, 0.25) is 5.91 Å². The molecule has 12 heavy (non-hydrogen) atoms. The monoisotopic (exact) mass is 359 g/mol. The van der Waals surface area contributed by atoms with Crippen LogP contribution in [0.1, 0.15) is 0 Å². The summed E-state index contributed by atoms with van der Waals surface area (Å²) in [4.78, 5) is 10.6. The molecule has 7 heteroatoms. The molecule has 0 fully saturated rings. The van der Waals surface area contributed by atoms with Crippen molar-refractivity contribution < 1.29 is 4.79 Å². The van der Waals surface area contributed by atoms with Crippen LogP contribution in [0.4, 0.5) is 0 Å². The number of halogens is 3. The van der Waals surface area contributed by atoms with Gasteiger partial charge >= 0.3 is 0 Å². The van der Waals surface area contributed by atoms with Gasteiger partial charge in [-0.1, -0.05) is 0 Å². The fourth-order valence-corrected chi connectivity index (χ4v) is 1.97. The van der Waals surface area contributed by atoms with Crippen LogP contribution in [-0.2, 0) is 11.3 Å². The molecule has 1 rings (SSSR count). The van der Waals surface area contributed by atoms with Gasteiger partial charge in [-0.15, -0.1) is 0 Å². The SMILES string of the molecule is NC(=O)Cn1nc(Br)c(Br)c1Br. The fraction of sp³-hybridized carbons (Fsp3) is 0.200. The zero-order chi connectivity index (χ0) is 9.30. The Bertz CT molecular complexity index is 322. The Morgan fingerprint density at radius 2 is 2.08 bits per heavy atom. The van der Waals surface area contributed by atoms with E-state index in [4.69, 9.17) is 5.73 Å². The smallest absolute Gasteiger partial charge is 0.239 e. The standard InChI is InChI=1S/C5H4Br3N3O/c6-3-4(7)10-11(5(3)8)1-2(9)12/h1H2,(H2,9,12). The normalized spacial score (nSPS) is 10.2. The summed E-state index contributed by atoms with van der Waals surface area (Å²) < 4.78 is 3.55. The molecule has 0 spiro atoms. The molecule has 4 nitrogen and oxygen atoms in total. The molecular weight excluding hydrogens is 358 g/mol. The van der Waals surface area contributed by atoms with Gasteiger partial charge in [0.1, 0.15) is 15.8 Å². The third-order valence-electron chi connectivity index (χ3n) is 1.10. The molecule has 0 aromatic carbocycles. The van der Waals surface area contributed by atoms with Crippen LogP contribution < -0.4 is 5.73 Å². The number of amides is 1. The minimum absolute atomic E-state index is 0.0603. The second-order valence-corrected chi connectivity index (χ2v) is 4.31. The third kappa shape index (κ3) is 2.08. The molecule has 1 aromatic rings. The topological polar surface area (TPSA) is 60.9 Å². The Morgan fingerprint density at radius 1 is 1.50 bits per heavy atom. The Morgan fingerprint density at radius 3 is 2.42 bits per heavy atom. The van der Waals surface area contributed by atoms with Crippen molar-refractivity contribution in [3.05, 3.63) is 13.7 Å². The van der Waals surface area contributed by atoms with Gasteiger partial charge in [-0.2, -0.15) is 5.10 Å². The number of rotatable bonds is 2. The van der Waals surface area contributed by atoms with E-state index in [1.165, 1.54) is 4.68 Å². The van der Waals surface area contributed by atoms with E-state index in [0.717, 1.165) is 4.47 Å². The Kier molecular flexibility index (Phi) is 3.30. The van der Waals surface area contributed by atoms with Crippen molar-refractivity contribution in [1.29, 1.82) is 0 Å². The van der Waals surface area contributed by atoms with E-state index in [0.29, 0.717) is 9.21 Å². The predicted octanol–water partition coefficient (Wildman–Crippen LogP) is 1.66. The van der Waals surface area contributed by atoms with Crippen molar-refractivity contribution in [2.75, 3.05) is 0 Å². The van der Waals surface area contributed by atoms with Crippen molar-refractivity contribution in [2.24, 2.45) is 5.73 Å². The van der Waals surface area contributed by atoms with Crippen LogP contribution >= 0.6 is 47.8 Å². The Hall–Kier alpha value is 0.120. The van der Waals surface area contributed by atoms with Crippen LogP contribution in [-0.4, -0.2) is 15.7 Å². The summed E-state index contributed by atoms with van der Waals surface area (Å²) in [5, 5.41) is 3.99. The van der Waals surface area contributed by atoms with Gasteiger partial charge < -0.3 is 5.73 Å². The van der Waals surface area contributed by atoms with Gasteiger partial charge in [0.25, 0.3) is 0 Å². The minimum atomic E-state index is -0.432. The second-order valence-electron chi connectivity index (χ2n) is 2.02. The van der Waals surface area contributed by atoms with Crippen molar-refractivity contribution in [3.8, 4) is 0 Å². The molecule has 0 aliphatic carbocycles. The molecule has 66 valence electrons. The molecule has 0 aliphatic heterocycles. The van der Waals surface area contributed by atoms with Crippen LogP contribution in [0.25, 0.3) is 0 Å². The summed E-state index contributed by atoms with van der Waals surface area (Å²) in [6.07, 6.45) is 0. The maximum Gasteiger partial charge on any atom is 0.239 e. The highest BCUT2D eigenvalue weighted by Gasteiger charge is 2.12. The average Bonchev–Trinajstić information content (AvgIpc) is 2.17. The molecule has 0 bridgehead atoms. The average molecular weight is 362 g/mol. The molecular formula is C5H4Br3N3O. The van der Waals surface area contributed by atoms with Crippen molar-refractivity contribution >= 4 is 53.7 Å². The zero-order valence-corrected chi connectivity index (χ0v) is 10.5. The first-order valence-electron chi connectivity index (χ1n) is 2.88. The van der Waals surface area contributed by atoms with Crippen molar-refractivity contribution in [1.82, 2.24) is 9.78 Å². The summed E-state index contributed by atoms with van der Waals surface area (Å²) in [6, 6.07) is 0. The highest BCUT2D eigenvalue weighted by Crippen LogP contribution is 2.29. The highest BCUT2D eigenvalue weighted by molar-refractivity contribution is 9.14. The van der Waals surface area contributed by atoms with Crippen LogP contribution in [0.2, 0.25) is 0 Å². The summed E-state index contributed by atoms with van der Waals surface area (Å²) in [5.41, 5.74) is 5.00. The fourth-order valence-electron chi connectivity index (χ4n) is 0.645. The molecule has 1 heterocycles. The Labute approximate surface area is 93.9 Å². The van der Waals surface area contributed by atoms with Crippen LogP contribution in [0.3, 0.4) is 0 Å². The second kappa shape index (κ2) is 3.89. The minimum Gasteiger partial charge on any atom is -0.368 e. The zero-order valence-electron chi connectivity index (χ0n) is 5.72. The molecule has 0 unspecified atom stereocenters. The molecule has 2 N–H and O–H groups in total. The number of primary amides is 1. The number of nitrogens with zero attached hydrogens (tertiary/aromatic N) is 2. The molecule has 0 saturated carbocycles. The van der Waals surface area contributed by atoms with E-state index in [9.17, 15) is 4.79 Å². The van der Waals surface area contributed by atoms with E-state index < -0.39 is 5.91 Å². The lowest BCUT2D eigenvalue weighted by Crippen LogP contribution is -2.19. The highest BCUT2D eigenvalue weighted by atomic mass is 79.9. The predicted molar refractivity (Wildman–Crippen MR) is 54.5 cm³/mol. The summed E-state index contributed by atoms with van der Waals surface area (Å²) >= 11 is 9.70. The summed E-state index contributed by atoms with van der Waals surface area (Å²) in [6.45, 7) is 0.0603. The van der Waals surface area contributed by atoms with Crippen molar-refractivity contribution in [3.63, 3.8) is 0 Å². The molecule has 0 atom stereocenters. The number of carbonyl (C=O) groups excluding carboxylic acids is 1. The van der Waals surface area contributed by atoms with E-state index in [-0.39, 0.29) is 6.54 Å². The van der Waals surface area contributed by atoms with E-state index in [1.54, 1.807) is 0 Å². The lowest BCUT2D eigenvalue weighted by Gasteiger charge is -1.97. The lowest BCUT2D eigenvalue weighted by molar-refractivity contribution is -0.118. The van der Waals surface area contributed by atoms with Crippen LogP contribution in [0.5, 0.6) is 0 Å². The quantitative estimate of drug-likeness (QED) is 0.870.